The Morgan fingerprint density at radius 3 is 2.00 bits per heavy atom. The topological polar surface area (TPSA) is 68.2 Å². The van der Waals surface area contributed by atoms with Gasteiger partial charge in [-0.2, -0.15) is 5.06 Å². The lowest BCUT2D eigenvalue weighted by atomic mass is 9.98. The standard InChI is InChI=1S/C38H61NO5Si/c1-31(44-45(5,6)38(2,3)4)36(40)35-29-34(39(43-35)30-32-23-17-15-18-24-32)27-21-13-11-9-7-8-10-12-14-22-28-42-37(41)33-25-19-16-20-26-33/h15-20,23-26,31,34-36,40H,7-14,21-22,27-30H2,1-6H3/t31-,34-,35-,36-/m0/s1. The number of rotatable bonds is 20. The lowest BCUT2D eigenvalue weighted by molar-refractivity contribution is -0.200. The first kappa shape index (κ1) is 37.4. The molecule has 0 bridgehead atoms. The van der Waals surface area contributed by atoms with E-state index in [1.165, 1.54) is 56.9 Å². The van der Waals surface area contributed by atoms with Crippen molar-refractivity contribution in [2.45, 2.75) is 154 Å². The van der Waals surface area contributed by atoms with E-state index in [4.69, 9.17) is 14.0 Å². The van der Waals surface area contributed by atoms with Gasteiger partial charge in [0.05, 0.1) is 18.3 Å². The number of esters is 1. The Labute approximate surface area is 274 Å². The van der Waals surface area contributed by atoms with Crippen LogP contribution in [-0.2, 0) is 20.5 Å². The van der Waals surface area contributed by atoms with Crippen LogP contribution in [0, 0.1) is 0 Å². The Bertz CT molecular complexity index is 1090. The Hall–Kier alpha value is -2.03. The van der Waals surface area contributed by atoms with Crippen molar-refractivity contribution >= 4 is 14.3 Å². The van der Waals surface area contributed by atoms with Crippen LogP contribution in [0.2, 0.25) is 18.1 Å². The van der Waals surface area contributed by atoms with Gasteiger partial charge in [0.25, 0.3) is 0 Å². The Kier molecular flexibility index (Phi) is 15.8. The van der Waals surface area contributed by atoms with Crippen molar-refractivity contribution in [3.05, 3.63) is 71.8 Å². The third-order valence-electron chi connectivity index (χ3n) is 9.69. The van der Waals surface area contributed by atoms with Gasteiger partial charge < -0.3 is 14.3 Å². The van der Waals surface area contributed by atoms with Crippen molar-refractivity contribution in [2.24, 2.45) is 0 Å². The summed E-state index contributed by atoms with van der Waals surface area (Å²) >= 11 is 0. The minimum Gasteiger partial charge on any atom is -0.462 e. The Balaban J connectivity index is 1.30. The first-order valence-corrected chi connectivity index (χ1v) is 20.4. The normalized spacial score (nSPS) is 19.0. The highest BCUT2D eigenvalue weighted by Gasteiger charge is 2.43. The molecule has 1 aliphatic rings. The van der Waals surface area contributed by atoms with Crippen molar-refractivity contribution < 1.29 is 23.9 Å². The molecule has 0 amide bonds. The summed E-state index contributed by atoms with van der Waals surface area (Å²) in [6, 6.07) is 20.0. The highest BCUT2D eigenvalue weighted by Crippen LogP contribution is 2.38. The molecule has 3 rings (SSSR count). The summed E-state index contributed by atoms with van der Waals surface area (Å²) in [5.41, 5.74) is 1.86. The zero-order valence-electron chi connectivity index (χ0n) is 29.0. The predicted molar refractivity (Wildman–Crippen MR) is 187 cm³/mol. The van der Waals surface area contributed by atoms with E-state index in [0.717, 1.165) is 32.2 Å². The van der Waals surface area contributed by atoms with Gasteiger partial charge in [-0.15, -0.1) is 0 Å². The van der Waals surface area contributed by atoms with E-state index >= 15 is 0 Å². The van der Waals surface area contributed by atoms with Crippen LogP contribution in [0.1, 0.15) is 121 Å². The molecule has 1 heterocycles. The van der Waals surface area contributed by atoms with E-state index in [-0.39, 0.29) is 23.2 Å². The quantitative estimate of drug-likeness (QED) is 0.0884. The zero-order valence-corrected chi connectivity index (χ0v) is 30.0. The molecule has 0 saturated carbocycles. The first-order valence-electron chi connectivity index (χ1n) is 17.5. The fourth-order valence-corrected chi connectivity index (χ4v) is 7.24. The van der Waals surface area contributed by atoms with Crippen molar-refractivity contribution in [3.8, 4) is 0 Å². The lowest BCUT2D eigenvalue weighted by Crippen LogP contribution is -2.48. The van der Waals surface area contributed by atoms with Crippen molar-refractivity contribution in [3.63, 3.8) is 0 Å². The van der Waals surface area contributed by atoms with Gasteiger partial charge >= 0.3 is 5.97 Å². The molecule has 2 aromatic rings. The summed E-state index contributed by atoms with van der Waals surface area (Å²) in [4.78, 5) is 18.4. The summed E-state index contributed by atoms with van der Waals surface area (Å²) in [5.74, 6) is -0.223. The second kappa shape index (κ2) is 18.9. The van der Waals surface area contributed by atoms with Gasteiger partial charge in [-0.1, -0.05) is 127 Å². The smallest absolute Gasteiger partial charge is 0.338 e. The molecule has 1 saturated heterocycles. The summed E-state index contributed by atoms with van der Waals surface area (Å²) < 4.78 is 11.9. The van der Waals surface area contributed by atoms with Crippen molar-refractivity contribution in [1.82, 2.24) is 5.06 Å². The van der Waals surface area contributed by atoms with E-state index < -0.39 is 14.4 Å². The van der Waals surface area contributed by atoms with E-state index in [1.807, 2.05) is 31.2 Å². The monoisotopic (exact) mass is 639 g/mol. The Morgan fingerprint density at radius 1 is 0.889 bits per heavy atom. The van der Waals surface area contributed by atoms with Gasteiger partial charge in [0, 0.05) is 12.6 Å². The minimum atomic E-state index is -1.99. The third kappa shape index (κ3) is 12.9. The molecule has 0 unspecified atom stereocenters. The second-order valence-electron chi connectivity index (χ2n) is 14.5. The number of aliphatic hydroxyl groups is 1. The van der Waals surface area contributed by atoms with E-state index in [1.54, 1.807) is 12.1 Å². The fourth-order valence-electron chi connectivity index (χ4n) is 5.81. The van der Waals surface area contributed by atoms with E-state index in [2.05, 4.69) is 63.2 Å². The molecule has 0 aromatic heterocycles. The van der Waals surface area contributed by atoms with Gasteiger partial charge in [0.2, 0.25) is 0 Å². The van der Waals surface area contributed by atoms with Crippen LogP contribution in [0.25, 0.3) is 0 Å². The van der Waals surface area contributed by atoms with Crippen LogP contribution < -0.4 is 0 Å². The summed E-state index contributed by atoms with van der Waals surface area (Å²) in [6.45, 7) is 14.4. The molecule has 45 heavy (non-hydrogen) atoms. The maximum atomic E-state index is 12.0. The number of hydroxylamine groups is 2. The number of aliphatic hydroxyl groups excluding tert-OH is 1. The Morgan fingerprint density at radius 2 is 1.42 bits per heavy atom. The second-order valence-corrected chi connectivity index (χ2v) is 19.3. The molecule has 7 heteroatoms. The molecule has 1 N–H and O–H groups in total. The van der Waals surface area contributed by atoms with Crippen molar-refractivity contribution in [2.75, 3.05) is 6.61 Å². The summed E-state index contributed by atoms with van der Waals surface area (Å²) in [5, 5.41) is 13.5. The van der Waals surface area contributed by atoms with Crippen LogP contribution in [0.5, 0.6) is 0 Å². The maximum absolute atomic E-state index is 12.0. The van der Waals surface area contributed by atoms with Crippen LogP contribution in [0.3, 0.4) is 0 Å². The minimum absolute atomic E-state index is 0.0975. The highest BCUT2D eigenvalue weighted by atomic mass is 28.4. The number of carbonyl (C=O) groups excluding carboxylic acids is 1. The number of hydrogen-bond acceptors (Lipinski definition) is 6. The molecule has 0 radical (unpaired) electrons. The van der Waals surface area contributed by atoms with Gasteiger partial charge in [-0.25, -0.2) is 4.79 Å². The number of unbranched alkanes of at least 4 members (excludes halogenated alkanes) is 9. The van der Waals surface area contributed by atoms with Crippen LogP contribution >= 0.6 is 0 Å². The number of nitrogens with zero attached hydrogens (tertiary/aromatic N) is 1. The number of ether oxygens (including phenoxy) is 1. The molecule has 1 aliphatic heterocycles. The fraction of sp³-hybridized carbons (Fsp3) is 0.658. The molecule has 2 aromatic carbocycles. The third-order valence-corrected chi connectivity index (χ3v) is 14.3. The molecule has 252 valence electrons. The lowest BCUT2D eigenvalue weighted by Gasteiger charge is -2.40. The molecule has 1 fully saturated rings. The van der Waals surface area contributed by atoms with E-state index in [0.29, 0.717) is 18.2 Å². The van der Waals surface area contributed by atoms with Gasteiger partial charge in [-0.3, -0.25) is 4.84 Å². The van der Waals surface area contributed by atoms with Crippen molar-refractivity contribution in [1.29, 1.82) is 0 Å². The van der Waals surface area contributed by atoms with Gasteiger partial charge in [0.1, 0.15) is 12.2 Å². The molecule has 6 nitrogen and oxygen atoms in total. The SMILES string of the molecule is C[C@H](O[Si](C)(C)C(C)(C)C)[C@H](O)[C@@H]1C[C@H](CCCCCCCCCCCCOC(=O)c2ccccc2)N(Cc2ccccc2)O1. The zero-order chi connectivity index (χ0) is 32.7. The molecule has 0 aliphatic carbocycles. The number of carbonyl (C=O) groups is 1. The van der Waals surface area contributed by atoms with E-state index in [9.17, 15) is 9.90 Å². The number of hydrogen-bond donors (Lipinski definition) is 1. The predicted octanol–water partition coefficient (Wildman–Crippen LogP) is 9.48. The molecular formula is C38H61NO5Si. The molecule has 4 atom stereocenters. The van der Waals surface area contributed by atoms with Gasteiger partial charge in [0.15, 0.2) is 8.32 Å². The van der Waals surface area contributed by atoms with Crippen LogP contribution in [0.15, 0.2) is 60.7 Å². The average Bonchev–Trinajstić information content (AvgIpc) is 3.41. The van der Waals surface area contributed by atoms with Gasteiger partial charge in [-0.05, 0) is 62.0 Å². The molecular weight excluding hydrogens is 579 g/mol. The number of benzene rings is 2. The van der Waals surface area contributed by atoms with Crippen LogP contribution in [0.4, 0.5) is 0 Å². The average molecular weight is 640 g/mol. The first-order chi connectivity index (χ1) is 21.5. The highest BCUT2D eigenvalue weighted by molar-refractivity contribution is 6.74. The summed E-state index contributed by atoms with van der Waals surface area (Å²) in [6.07, 6.45) is 12.8. The molecule has 0 spiro atoms. The van der Waals surface area contributed by atoms with Crippen LogP contribution in [-0.4, -0.2) is 55.4 Å². The largest absolute Gasteiger partial charge is 0.462 e. The summed E-state index contributed by atoms with van der Waals surface area (Å²) in [7, 11) is -1.99. The maximum Gasteiger partial charge on any atom is 0.338 e.